The maximum Gasteiger partial charge on any atom is 0.243 e. The van der Waals surface area contributed by atoms with Gasteiger partial charge < -0.3 is 24.8 Å². The number of carbonyl (C=O) groups is 1. The highest BCUT2D eigenvalue weighted by molar-refractivity contribution is 6.41. The lowest BCUT2D eigenvalue weighted by atomic mass is 9.90. The van der Waals surface area contributed by atoms with E-state index >= 15 is 0 Å². The topological polar surface area (TPSA) is 94.6 Å². The molecular weight excluding hydrogens is 503 g/mol. The zero-order chi connectivity index (χ0) is 26.0. The molecule has 0 spiro atoms. The normalized spacial score (nSPS) is 18.9. The minimum absolute atomic E-state index is 0.173. The van der Waals surface area contributed by atoms with Crippen molar-refractivity contribution in [3.63, 3.8) is 0 Å². The number of nitrogens with one attached hydrogen (secondary N) is 2. The Labute approximate surface area is 220 Å². The molecule has 4 rings (SSSR count). The number of halogens is 2. The van der Waals surface area contributed by atoms with E-state index in [1.54, 1.807) is 12.3 Å². The van der Waals surface area contributed by atoms with E-state index in [1.165, 1.54) is 20.3 Å². The molecule has 1 aliphatic rings. The zero-order valence-electron chi connectivity index (χ0n) is 20.5. The van der Waals surface area contributed by atoms with Gasteiger partial charge in [0.15, 0.2) is 0 Å². The average Bonchev–Trinajstić information content (AvgIpc) is 2.85. The summed E-state index contributed by atoms with van der Waals surface area (Å²) in [4.78, 5) is 21.1. The Morgan fingerprint density at radius 1 is 1.17 bits per heavy atom. The summed E-state index contributed by atoms with van der Waals surface area (Å²) in [7, 11) is 3.07. The van der Waals surface area contributed by atoms with Crippen LogP contribution in [0.15, 0.2) is 43.1 Å². The predicted octanol–water partition coefficient (Wildman–Crippen LogP) is 5.27. The number of carbonyl (C=O) groups excluding carboxylic acids is 1. The monoisotopic (exact) mass is 530 g/mol. The maximum absolute atomic E-state index is 12.0. The summed E-state index contributed by atoms with van der Waals surface area (Å²) < 4.78 is 16.7. The highest BCUT2D eigenvalue weighted by Crippen LogP contribution is 2.46. The molecule has 8 nitrogen and oxygen atoms in total. The van der Waals surface area contributed by atoms with Crippen molar-refractivity contribution in [1.82, 2.24) is 15.3 Å². The molecule has 1 aliphatic heterocycles. The molecule has 2 aromatic carbocycles. The number of rotatable bonds is 7. The first kappa shape index (κ1) is 26.0. The highest BCUT2D eigenvalue weighted by Gasteiger charge is 2.36. The zero-order valence-corrected chi connectivity index (χ0v) is 22.0. The molecule has 0 saturated carbocycles. The molecule has 0 radical (unpaired) electrons. The molecule has 3 aromatic rings. The van der Waals surface area contributed by atoms with E-state index in [2.05, 4.69) is 27.2 Å². The van der Waals surface area contributed by atoms with Crippen molar-refractivity contribution in [3.05, 3.63) is 53.2 Å². The molecule has 2 N–H and O–H groups in total. The first-order valence-electron chi connectivity index (χ1n) is 11.4. The van der Waals surface area contributed by atoms with E-state index in [4.69, 9.17) is 37.4 Å². The van der Waals surface area contributed by atoms with Crippen LogP contribution in [-0.4, -0.2) is 54.4 Å². The van der Waals surface area contributed by atoms with Crippen molar-refractivity contribution in [1.29, 1.82) is 0 Å². The van der Waals surface area contributed by atoms with Gasteiger partial charge in [-0.2, -0.15) is 0 Å². The van der Waals surface area contributed by atoms with Gasteiger partial charge in [0.25, 0.3) is 0 Å². The quantitative estimate of drug-likeness (QED) is 0.401. The minimum atomic E-state index is -0.358. The van der Waals surface area contributed by atoms with Gasteiger partial charge in [-0.15, -0.1) is 0 Å². The molecule has 0 bridgehead atoms. The predicted molar refractivity (Wildman–Crippen MR) is 142 cm³/mol. The lowest BCUT2D eigenvalue weighted by Gasteiger charge is -2.41. The number of benzene rings is 2. The van der Waals surface area contributed by atoms with E-state index in [1.807, 2.05) is 32.0 Å². The van der Waals surface area contributed by atoms with Crippen LogP contribution in [0, 0.1) is 0 Å². The van der Waals surface area contributed by atoms with E-state index in [-0.39, 0.29) is 23.6 Å². The summed E-state index contributed by atoms with van der Waals surface area (Å²) in [6.07, 6.45) is 3.62. The molecule has 2 atom stereocenters. The number of aromatic nitrogens is 2. The van der Waals surface area contributed by atoms with Gasteiger partial charge in [0.05, 0.1) is 54.1 Å². The van der Waals surface area contributed by atoms with Gasteiger partial charge in [-0.3, -0.25) is 4.79 Å². The number of nitrogens with zero attached hydrogens (tertiary/aromatic N) is 2. The molecular formula is C26H28Cl2N4O4. The standard InChI is InChI=1S/C26H28Cl2N4O4/c1-6-21(33)30-17-11-26(2,3)36-13-18(17)32-25-29-12-15-9-14(7-8-16(15)31-25)22-23(27)19(34-4)10-20(35-5)24(22)28/h6-10,12,17-18H,1,11,13H2,2-5H3,(H,30,33)(H,29,31,32)/t17-,18+/m1/s1. The summed E-state index contributed by atoms with van der Waals surface area (Å²) in [5.41, 5.74) is 1.74. The van der Waals surface area contributed by atoms with Gasteiger partial charge in [0.2, 0.25) is 11.9 Å². The van der Waals surface area contributed by atoms with Gasteiger partial charge >= 0.3 is 0 Å². The molecule has 36 heavy (non-hydrogen) atoms. The van der Waals surface area contributed by atoms with Crippen LogP contribution in [0.4, 0.5) is 5.95 Å². The van der Waals surface area contributed by atoms with Gasteiger partial charge in [0, 0.05) is 23.2 Å². The van der Waals surface area contributed by atoms with Gasteiger partial charge in [-0.1, -0.05) is 35.8 Å². The summed E-state index contributed by atoms with van der Waals surface area (Å²) in [6.45, 7) is 7.93. The third-order valence-electron chi connectivity index (χ3n) is 6.12. The first-order valence-corrected chi connectivity index (χ1v) is 12.1. The fourth-order valence-electron chi connectivity index (χ4n) is 4.26. The summed E-state index contributed by atoms with van der Waals surface area (Å²) in [5.74, 6) is 1.11. The number of ether oxygens (including phenoxy) is 3. The van der Waals surface area contributed by atoms with Crippen molar-refractivity contribution in [2.45, 2.75) is 38.0 Å². The Hall–Kier alpha value is -3.07. The van der Waals surface area contributed by atoms with Crippen LogP contribution >= 0.6 is 23.2 Å². The van der Waals surface area contributed by atoms with Gasteiger partial charge in [-0.05, 0) is 44.0 Å². The third kappa shape index (κ3) is 5.36. The largest absolute Gasteiger partial charge is 0.495 e. The average molecular weight is 531 g/mol. The molecule has 1 fully saturated rings. The van der Waals surface area contributed by atoms with Gasteiger partial charge in [0.1, 0.15) is 11.5 Å². The fraction of sp³-hybridized carbons (Fsp3) is 0.346. The van der Waals surface area contributed by atoms with Gasteiger partial charge in [-0.25, -0.2) is 9.97 Å². The summed E-state index contributed by atoms with van der Waals surface area (Å²) in [5, 5.41) is 7.86. The van der Waals surface area contributed by atoms with E-state index < -0.39 is 0 Å². The summed E-state index contributed by atoms with van der Waals surface area (Å²) >= 11 is 13.2. The van der Waals surface area contributed by atoms with Crippen LogP contribution in [0.5, 0.6) is 11.5 Å². The second-order valence-corrected chi connectivity index (χ2v) is 9.85. The number of anilines is 1. The van der Waals surface area contributed by atoms with Crippen LogP contribution in [0.3, 0.4) is 0 Å². The number of fused-ring (bicyclic) bond motifs is 1. The summed E-state index contributed by atoms with van der Waals surface area (Å²) in [6, 6.07) is 6.92. The van der Waals surface area contributed by atoms with Crippen molar-refractivity contribution >= 4 is 46.0 Å². The fourth-order valence-corrected chi connectivity index (χ4v) is 4.98. The van der Waals surface area contributed by atoms with E-state index in [9.17, 15) is 4.79 Å². The Bertz CT molecular complexity index is 1290. The number of hydrogen-bond acceptors (Lipinski definition) is 7. The Balaban J connectivity index is 1.63. The molecule has 190 valence electrons. The van der Waals surface area contributed by atoms with E-state index in [0.29, 0.717) is 46.1 Å². The van der Waals surface area contributed by atoms with Crippen LogP contribution in [0.2, 0.25) is 10.0 Å². The molecule has 0 unspecified atom stereocenters. The number of amides is 1. The first-order chi connectivity index (χ1) is 17.2. The molecule has 10 heteroatoms. The minimum Gasteiger partial charge on any atom is -0.495 e. The van der Waals surface area contributed by atoms with E-state index in [0.717, 1.165) is 16.5 Å². The highest BCUT2D eigenvalue weighted by atomic mass is 35.5. The molecule has 0 aliphatic carbocycles. The molecule has 1 aromatic heterocycles. The lowest BCUT2D eigenvalue weighted by Crippen LogP contribution is -2.56. The van der Waals surface area contributed by atoms with Crippen LogP contribution in [0.1, 0.15) is 20.3 Å². The lowest BCUT2D eigenvalue weighted by molar-refractivity contribution is -0.120. The van der Waals surface area contributed by atoms with Crippen molar-refractivity contribution in [3.8, 4) is 22.6 Å². The Kier molecular flexibility index (Phi) is 7.59. The smallest absolute Gasteiger partial charge is 0.243 e. The Morgan fingerprint density at radius 3 is 2.50 bits per heavy atom. The number of methoxy groups -OCH3 is 2. The second-order valence-electron chi connectivity index (χ2n) is 9.10. The Morgan fingerprint density at radius 2 is 1.86 bits per heavy atom. The SMILES string of the molecule is C=CC(=O)N[C@@H]1CC(C)(C)OC[C@@H]1Nc1ncc2cc(-c3c(Cl)c(OC)cc(OC)c3Cl)ccc2n1. The van der Waals surface area contributed by atoms with Crippen molar-refractivity contribution < 1.29 is 19.0 Å². The third-order valence-corrected chi connectivity index (χ3v) is 6.87. The molecule has 2 heterocycles. The molecule has 1 amide bonds. The second kappa shape index (κ2) is 10.5. The van der Waals surface area contributed by atoms with Crippen molar-refractivity contribution in [2.75, 3.05) is 26.1 Å². The molecule has 1 saturated heterocycles. The van der Waals surface area contributed by atoms with Crippen LogP contribution in [-0.2, 0) is 9.53 Å². The van der Waals surface area contributed by atoms with Crippen molar-refractivity contribution in [2.24, 2.45) is 0 Å². The van der Waals surface area contributed by atoms with Crippen LogP contribution in [0.25, 0.3) is 22.0 Å². The maximum atomic E-state index is 12.0. The van der Waals surface area contributed by atoms with Crippen LogP contribution < -0.4 is 20.1 Å². The number of hydrogen-bond donors (Lipinski definition) is 2.